The molecule has 0 bridgehead atoms. The van der Waals surface area contributed by atoms with Crippen molar-refractivity contribution < 1.29 is 9.59 Å². The Hall–Kier alpha value is -1.64. The van der Waals surface area contributed by atoms with Gasteiger partial charge >= 0.3 is 0 Å². The van der Waals surface area contributed by atoms with E-state index in [0.29, 0.717) is 6.42 Å². The van der Waals surface area contributed by atoms with Gasteiger partial charge in [0, 0.05) is 19.2 Å². The first-order chi connectivity index (χ1) is 10.6. The minimum Gasteiger partial charge on any atom is -0.315 e. The van der Waals surface area contributed by atoms with Gasteiger partial charge in [-0.2, -0.15) is 0 Å². The highest BCUT2D eigenvalue weighted by molar-refractivity contribution is 6.05. The molecular weight excluding hydrogens is 274 g/mol. The molecule has 3 nitrogen and oxygen atoms in total. The summed E-state index contributed by atoms with van der Waals surface area (Å²) in [6, 6.07) is 9.43. The van der Waals surface area contributed by atoms with Crippen LogP contribution in [0.5, 0.6) is 0 Å². The summed E-state index contributed by atoms with van der Waals surface area (Å²) >= 11 is 0. The summed E-state index contributed by atoms with van der Waals surface area (Å²) in [6.07, 6.45) is 8.87. The van der Waals surface area contributed by atoms with Crippen molar-refractivity contribution in [3.05, 3.63) is 30.3 Å². The van der Waals surface area contributed by atoms with E-state index in [4.69, 9.17) is 0 Å². The van der Waals surface area contributed by atoms with Gasteiger partial charge in [0.15, 0.2) is 0 Å². The number of hydrogen-bond acceptors (Lipinski definition) is 2. The number of ketones is 1. The second-order valence-corrected chi connectivity index (χ2v) is 5.88. The van der Waals surface area contributed by atoms with Crippen LogP contribution in [0.1, 0.15) is 64.7 Å². The van der Waals surface area contributed by atoms with Crippen LogP contribution in [0.3, 0.4) is 0 Å². The maximum Gasteiger partial charge on any atom is 0.234 e. The minimum atomic E-state index is -0.126. The number of carbonyl (C=O) groups is 2. The predicted molar refractivity (Wildman–Crippen MR) is 92.1 cm³/mol. The van der Waals surface area contributed by atoms with E-state index in [1.807, 2.05) is 30.3 Å². The predicted octanol–water partition coefficient (Wildman–Crippen LogP) is 4.75. The van der Waals surface area contributed by atoms with Gasteiger partial charge in [0.25, 0.3) is 0 Å². The fourth-order valence-corrected chi connectivity index (χ4v) is 2.45. The Labute approximate surface area is 134 Å². The molecule has 0 N–H and O–H groups in total. The van der Waals surface area contributed by atoms with Crippen LogP contribution in [-0.2, 0) is 9.59 Å². The van der Waals surface area contributed by atoms with Gasteiger partial charge < -0.3 is 4.90 Å². The lowest BCUT2D eigenvalue weighted by molar-refractivity contribution is -0.126. The van der Waals surface area contributed by atoms with Crippen LogP contribution < -0.4 is 4.90 Å². The number of Topliss-reactive ketones (excluding diaryl/α,β-unsaturated/α-hetero) is 1. The van der Waals surface area contributed by atoms with Crippen molar-refractivity contribution in [2.45, 2.75) is 64.7 Å². The average molecular weight is 303 g/mol. The molecule has 1 rings (SSSR count). The first-order valence-corrected chi connectivity index (χ1v) is 8.48. The molecule has 0 aliphatic carbocycles. The number of rotatable bonds is 11. The molecule has 0 fully saturated rings. The molecule has 22 heavy (non-hydrogen) atoms. The van der Waals surface area contributed by atoms with Crippen LogP contribution in [0.4, 0.5) is 5.69 Å². The zero-order valence-electron chi connectivity index (χ0n) is 14.0. The lowest BCUT2D eigenvalue weighted by Gasteiger charge is -2.16. The first kappa shape index (κ1) is 18.4. The van der Waals surface area contributed by atoms with Crippen molar-refractivity contribution in [3.63, 3.8) is 0 Å². The van der Waals surface area contributed by atoms with Gasteiger partial charge in [-0.25, -0.2) is 0 Å². The van der Waals surface area contributed by atoms with Gasteiger partial charge in [0.2, 0.25) is 5.91 Å². The lowest BCUT2D eigenvalue weighted by Crippen LogP contribution is -2.28. The lowest BCUT2D eigenvalue weighted by atomic mass is 10.1. The summed E-state index contributed by atoms with van der Waals surface area (Å²) in [5, 5.41) is 0. The minimum absolute atomic E-state index is 0.0151. The highest BCUT2D eigenvalue weighted by Gasteiger charge is 2.14. The van der Waals surface area contributed by atoms with E-state index >= 15 is 0 Å². The van der Waals surface area contributed by atoms with Crippen LogP contribution >= 0.6 is 0 Å². The quantitative estimate of drug-likeness (QED) is 0.437. The Kier molecular flexibility index (Phi) is 9.20. The summed E-state index contributed by atoms with van der Waals surface area (Å²) in [5.41, 5.74) is 0.830. The van der Waals surface area contributed by atoms with Gasteiger partial charge in [-0.3, -0.25) is 9.59 Å². The third kappa shape index (κ3) is 7.39. The van der Waals surface area contributed by atoms with Gasteiger partial charge in [0.05, 0.1) is 6.42 Å². The third-order valence-electron chi connectivity index (χ3n) is 3.93. The Balaban J connectivity index is 2.17. The van der Waals surface area contributed by atoms with E-state index < -0.39 is 0 Å². The Morgan fingerprint density at radius 3 is 2.14 bits per heavy atom. The molecule has 0 aromatic heterocycles. The van der Waals surface area contributed by atoms with Crippen molar-refractivity contribution in [1.29, 1.82) is 0 Å². The molecule has 0 unspecified atom stereocenters. The molecule has 0 saturated heterocycles. The van der Waals surface area contributed by atoms with Crippen LogP contribution in [-0.4, -0.2) is 18.7 Å². The zero-order valence-corrected chi connectivity index (χ0v) is 14.0. The highest BCUT2D eigenvalue weighted by Crippen LogP contribution is 2.13. The molecule has 0 aliphatic heterocycles. The first-order valence-electron chi connectivity index (χ1n) is 8.48. The normalized spacial score (nSPS) is 10.5. The monoisotopic (exact) mass is 303 g/mol. The van der Waals surface area contributed by atoms with Crippen molar-refractivity contribution in [2.75, 3.05) is 11.9 Å². The molecule has 3 heteroatoms. The van der Waals surface area contributed by atoms with Crippen LogP contribution in [0.2, 0.25) is 0 Å². The second kappa shape index (κ2) is 11.0. The maximum absolute atomic E-state index is 12.1. The number of hydrogen-bond donors (Lipinski definition) is 0. The molecule has 1 amide bonds. The van der Waals surface area contributed by atoms with E-state index in [1.165, 1.54) is 32.1 Å². The highest BCUT2D eigenvalue weighted by atomic mass is 16.2. The van der Waals surface area contributed by atoms with Crippen molar-refractivity contribution in [1.82, 2.24) is 0 Å². The number of nitrogens with zero attached hydrogens (tertiary/aromatic N) is 1. The van der Waals surface area contributed by atoms with E-state index in [-0.39, 0.29) is 18.1 Å². The molecule has 0 heterocycles. The van der Waals surface area contributed by atoms with Crippen LogP contribution in [0.25, 0.3) is 0 Å². The second-order valence-electron chi connectivity index (χ2n) is 5.88. The fraction of sp³-hybridized carbons (Fsp3) is 0.579. The SMILES string of the molecule is CCCCCCCCCC(=O)CC(=O)N(C)c1ccccc1. The molecule has 0 atom stereocenters. The molecule has 0 spiro atoms. The van der Waals surface area contributed by atoms with Crippen LogP contribution in [0, 0.1) is 0 Å². The molecule has 0 radical (unpaired) electrons. The Bertz CT molecular complexity index is 442. The van der Waals surface area contributed by atoms with E-state index in [1.54, 1.807) is 11.9 Å². The van der Waals surface area contributed by atoms with Gasteiger partial charge in [-0.15, -0.1) is 0 Å². The number of anilines is 1. The van der Waals surface area contributed by atoms with E-state index in [0.717, 1.165) is 18.5 Å². The van der Waals surface area contributed by atoms with E-state index in [2.05, 4.69) is 6.92 Å². The molecule has 122 valence electrons. The van der Waals surface area contributed by atoms with Crippen LogP contribution in [0.15, 0.2) is 30.3 Å². The number of para-hydroxylation sites is 1. The largest absolute Gasteiger partial charge is 0.315 e. The number of amides is 1. The fourth-order valence-electron chi connectivity index (χ4n) is 2.45. The number of benzene rings is 1. The standard InChI is InChI=1S/C19H29NO2/c1-3-4-5-6-7-8-12-15-18(21)16-19(22)20(2)17-13-10-9-11-14-17/h9-11,13-14H,3-8,12,15-16H2,1-2H3. The third-order valence-corrected chi connectivity index (χ3v) is 3.93. The summed E-state index contributed by atoms with van der Waals surface area (Å²) in [6.45, 7) is 2.21. The summed E-state index contributed by atoms with van der Waals surface area (Å²) in [4.78, 5) is 25.5. The average Bonchev–Trinajstić information content (AvgIpc) is 2.54. The Morgan fingerprint density at radius 1 is 0.909 bits per heavy atom. The summed E-state index contributed by atoms with van der Waals surface area (Å²) < 4.78 is 0. The van der Waals surface area contributed by atoms with Crippen molar-refractivity contribution >= 4 is 17.4 Å². The Morgan fingerprint density at radius 2 is 1.50 bits per heavy atom. The van der Waals surface area contributed by atoms with Gasteiger partial charge in [0.1, 0.15) is 5.78 Å². The number of unbranched alkanes of at least 4 members (excludes halogenated alkanes) is 6. The molecular formula is C19H29NO2. The maximum atomic E-state index is 12.1. The van der Waals surface area contributed by atoms with Gasteiger partial charge in [-0.1, -0.05) is 63.6 Å². The summed E-state index contributed by atoms with van der Waals surface area (Å²) in [7, 11) is 1.72. The molecule has 1 aromatic rings. The topological polar surface area (TPSA) is 37.4 Å². The van der Waals surface area contributed by atoms with Crippen molar-refractivity contribution in [2.24, 2.45) is 0 Å². The molecule has 1 aromatic carbocycles. The summed E-state index contributed by atoms with van der Waals surface area (Å²) in [5.74, 6) is -0.0690. The van der Waals surface area contributed by atoms with Crippen molar-refractivity contribution in [3.8, 4) is 0 Å². The zero-order chi connectivity index (χ0) is 16.2. The van der Waals surface area contributed by atoms with E-state index in [9.17, 15) is 9.59 Å². The smallest absolute Gasteiger partial charge is 0.234 e. The number of carbonyl (C=O) groups excluding carboxylic acids is 2. The molecule has 0 aliphatic rings. The van der Waals surface area contributed by atoms with Gasteiger partial charge in [-0.05, 0) is 18.6 Å². The molecule has 0 saturated carbocycles.